The van der Waals surface area contributed by atoms with Gasteiger partial charge in [-0.1, -0.05) is 19.3 Å². The molecule has 1 heterocycles. The highest BCUT2D eigenvalue weighted by Gasteiger charge is 2.33. The van der Waals surface area contributed by atoms with Crippen LogP contribution >= 0.6 is 0 Å². The van der Waals surface area contributed by atoms with Gasteiger partial charge in [-0.25, -0.2) is 0 Å². The van der Waals surface area contributed by atoms with E-state index in [1.165, 1.54) is 32.1 Å². The topological polar surface area (TPSA) is 55.1 Å². The third-order valence-corrected chi connectivity index (χ3v) is 4.86. The SMILES string of the molecule is O=C1CCC(O)(Cc2ccn(C3CCCCC3)n2)CC1. The number of aliphatic hydroxyl groups is 1. The third-order valence-electron chi connectivity index (χ3n) is 4.86. The summed E-state index contributed by atoms with van der Waals surface area (Å²) in [7, 11) is 0. The molecule has 0 aromatic carbocycles. The summed E-state index contributed by atoms with van der Waals surface area (Å²) in [6.07, 6.45) is 11.2. The highest BCUT2D eigenvalue weighted by molar-refractivity contribution is 5.79. The molecule has 1 aromatic heterocycles. The molecule has 110 valence electrons. The fourth-order valence-corrected chi connectivity index (χ4v) is 3.53. The summed E-state index contributed by atoms with van der Waals surface area (Å²) in [6.45, 7) is 0. The molecule has 4 nitrogen and oxygen atoms in total. The number of hydrogen-bond donors (Lipinski definition) is 1. The molecule has 0 amide bonds. The van der Waals surface area contributed by atoms with Gasteiger partial charge in [0.2, 0.25) is 0 Å². The molecule has 2 saturated carbocycles. The van der Waals surface area contributed by atoms with Crippen molar-refractivity contribution in [3.05, 3.63) is 18.0 Å². The predicted molar refractivity (Wildman–Crippen MR) is 76.5 cm³/mol. The Bertz CT molecular complexity index is 465. The number of nitrogens with zero attached hydrogens (tertiary/aromatic N) is 2. The first-order valence-electron chi connectivity index (χ1n) is 7.93. The van der Waals surface area contributed by atoms with Crippen molar-refractivity contribution < 1.29 is 9.90 Å². The minimum absolute atomic E-state index is 0.280. The van der Waals surface area contributed by atoms with Gasteiger partial charge in [0.1, 0.15) is 5.78 Å². The predicted octanol–water partition coefficient (Wildman–Crippen LogP) is 2.81. The summed E-state index contributed by atoms with van der Waals surface area (Å²) in [5.74, 6) is 0.280. The second kappa shape index (κ2) is 5.68. The molecule has 2 fully saturated rings. The molecule has 1 aromatic rings. The Morgan fingerprint density at radius 1 is 1.25 bits per heavy atom. The smallest absolute Gasteiger partial charge is 0.133 e. The maximum atomic E-state index is 11.3. The largest absolute Gasteiger partial charge is 0.389 e. The van der Waals surface area contributed by atoms with Crippen LogP contribution in [0.25, 0.3) is 0 Å². The van der Waals surface area contributed by atoms with E-state index in [0.717, 1.165) is 5.69 Å². The summed E-state index contributed by atoms with van der Waals surface area (Å²) in [5, 5.41) is 15.2. The van der Waals surface area contributed by atoms with Crippen molar-refractivity contribution >= 4 is 5.78 Å². The lowest BCUT2D eigenvalue weighted by Crippen LogP contribution is -2.36. The molecule has 1 N–H and O–H groups in total. The number of aromatic nitrogens is 2. The Balaban J connectivity index is 1.63. The van der Waals surface area contributed by atoms with Gasteiger partial charge in [-0.3, -0.25) is 9.48 Å². The van der Waals surface area contributed by atoms with E-state index in [1.807, 2.05) is 6.07 Å². The number of ketones is 1. The number of carbonyl (C=O) groups is 1. The molecule has 0 aliphatic heterocycles. The highest BCUT2D eigenvalue weighted by atomic mass is 16.3. The second-order valence-electron chi connectivity index (χ2n) is 6.52. The van der Waals surface area contributed by atoms with Gasteiger partial charge in [0.25, 0.3) is 0 Å². The highest BCUT2D eigenvalue weighted by Crippen LogP contribution is 2.31. The molecule has 0 bridgehead atoms. The Kier molecular flexibility index (Phi) is 3.92. The maximum Gasteiger partial charge on any atom is 0.133 e. The molecule has 20 heavy (non-hydrogen) atoms. The number of rotatable bonds is 3. The van der Waals surface area contributed by atoms with Gasteiger partial charge in [-0.05, 0) is 31.7 Å². The second-order valence-corrected chi connectivity index (χ2v) is 6.52. The lowest BCUT2D eigenvalue weighted by molar-refractivity contribution is -0.125. The van der Waals surface area contributed by atoms with Gasteiger partial charge in [-0.15, -0.1) is 0 Å². The summed E-state index contributed by atoms with van der Waals surface area (Å²) in [6, 6.07) is 2.57. The van der Waals surface area contributed by atoms with E-state index in [1.54, 1.807) is 0 Å². The fraction of sp³-hybridized carbons (Fsp3) is 0.750. The Hall–Kier alpha value is -1.16. The monoisotopic (exact) mass is 276 g/mol. The van der Waals surface area contributed by atoms with E-state index >= 15 is 0 Å². The first kappa shape index (κ1) is 13.8. The van der Waals surface area contributed by atoms with E-state index in [2.05, 4.69) is 16.0 Å². The number of hydrogen-bond acceptors (Lipinski definition) is 3. The minimum Gasteiger partial charge on any atom is -0.389 e. The quantitative estimate of drug-likeness (QED) is 0.923. The first-order chi connectivity index (χ1) is 9.65. The van der Waals surface area contributed by atoms with Gasteiger partial charge in [-0.2, -0.15) is 5.10 Å². The van der Waals surface area contributed by atoms with Crippen molar-refractivity contribution in [3.63, 3.8) is 0 Å². The van der Waals surface area contributed by atoms with E-state index in [9.17, 15) is 9.90 Å². The van der Waals surface area contributed by atoms with Crippen LogP contribution in [-0.2, 0) is 11.2 Å². The van der Waals surface area contributed by atoms with Crippen LogP contribution in [0.4, 0.5) is 0 Å². The zero-order valence-corrected chi connectivity index (χ0v) is 12.1. The van der Waals surface area contributed by atoms with Crippen molar-refractivity contribution in [1.82, 2.24) is 9.78 Å². The average Bonchev–Trinajstić information content (AvgIpc) is 2.92. The molecule has 0 radical (unpaired) electrons. The van der Waals surface area contributed by atoms with Crippen LogP contribution in [0, 0.1) is 0 Å². The molecule has 2 aliphatic carbocycles. The van der Waals surface area contributed by atoms with E-state index in [-0.39, 0.29) is 5.78 Å². The van der Waals surface area contributed by atoms with Crippen LogP contribution in [0.2, 0.25) is 0 Å². The Morgan fingerprint density at radius 3 is 2.65 bits per heavy atom. The van der Waals surface area contributed by atoms with Crippen LogP contribution in [0.15, 0.2) is 12.3 Å². The van der Waals surface area contributed by atoms with Crippen LogP contribution in [0.3, 0.4) is 0 Å². The Labute approximate surface area is 120 Å². The Morgan fingerprint density at radius 2 is 1.95 bits per heavy atom. The van der Waals surface area contributed by atoms with E-state index in [4.69, 9.17) is 0 Å². The van der Waals surface area contributed by atoms with E-state index in [0.29, 0.717) is 38.1 Å². The third kappa shape index (κ3) is 3.11. The molecule has 2 aliphatic rings. The zero-order chi connectivity index (χ0) is 14.0. The van der Waals surface area contributed by atoms with Gasteiger partial charge < -0.3 is 5.11 Å². The molecule has 3 rings (SSSR count). The summed E-state index contributed by atoms with van der Waals surface area (Å²) in [5.41, 5.74) is 0.243. The van der Waals surface area contributed by atoms with Crippen molar-refractivity contribution in [3.8, 4) is 0 Å². The van der Waals surface area contributed by atoms with Crippen LogP contribution < -0.4 is 0 Å². The van der Waals surface area contributed by atoms with Crippen molar-refractivity contribution in [2.75, 3.05) is 0 Å². The first-order valence-corrected chi connectivity index (χ1v) is 7.93. The summed E-state index contributed by atoms with van der Waals surface area (Å²) < 4.78 is 2.09. The molecular weight excluding hydrogens is 252 g/mol. The van der Waals surface area contributed by atoms with Crippen molar-refractivity contribution in [2.24, 2.45) is 0 Å². The standard InChI is InChI=1S/C16H24N2O2/c19-15-6-9-16(20,10-7-15)12-13-8-11-18(17-13)14-4-2-1-3-5-14/h8,11,14,20H,1-7,9-10,12H2. The van der Waals surface area contributed by atoms with Crippen LogP contribution in [0.5, 0.6) is 0 Å². The number of Topliss-reactive ketones (excluding diaryl/α,β-unsaturated/α-hetero) is 1. The lowest BCUT2D eigenvalue weighted by Gasteiger charge is -2.30. The van der Waals surface area contributed by atoms with Crippen molar-refractivity contribution in [1.29, 1.82) is 0 Å². The normalized spacial score (nSPS) is 23.9. The summed E-state index contributed by atoms with van der Waals surface area (Å²) in [4.78, 5) is 11.3. The molecular formula is C16H24N2O2. The van der Waals surface area contributed by atoms with Crippen LogP contribution in [0.1, 0.15) is 69.5 Å². The van der Waals surface area contributed by atoms with Crippen molar-refractivity contribution in [2.45, 2.75) is 75.9 Å². The molecule has 0 atom stereocenters. The molecule has 0 spiro atoms. The minimum atomic E-state index is -0.723. The zero-order valence-electron chi connectivity index (χ0n) is 12.1. The molecule has 0 unspecified atom stereocenters. The van der Waals surface area contributed by atoms with Gasteiger partial charge >= 0.3 is 0 Å². The van der Waals surface area contributed by atoms with Gasteiger partial charge in [0, 0.05) is 25.5 Å². The fourth-order valence-electron chi connectivity index (χ4n) is 3.53. The summed E-state index contributed by atoms with van der Waals surface area (Å²) >= 11 is 0. The number of carbonyl (C=O) groups excluding carboxylic acids is 1. The molecule has 4 heteroatoms. The van der Waals surface area contributed by atoms with E-state index < -0.39 is 5.60 Å². The van der Waals surface area contributed by atoms with Gasteiger partial charge in [0.05, 0.1) is 17.3 Å². The maximum absolute atomic E-state index is 11.3. The average molecular weight is 276 g/mol. The molecule has 0 saturated heterocycles. The van der Waals surface area contributed by atoms with Gasteiger partial charge in [0.15, 0.2) is 0 Å². The lowest BCUT2D eigenvalue weighted by atomic mass is 9.81. The van der Waals surface area contributed by atoms with Crippen LogP contribution in [-0.4, -0.2) is 26.3 Å².